The minimum Gasteiger partial charge on any atom is -0.375 e. The van der Waals surface area contributed by atoms with Crippen LogP contribution in [-0.2, 0) is 4.74 Å². The Hall–Kier alpha value is -0.250. The number of unbranched alkanes of at least 4 members (excludes halogenated alkanes) is 1. The Labute approximate surface area is 170 Å². The number of hydrogen-bond acceptors (Lipinski definition) is 1. The van der Waals surface area contributed by atoms with Gasteiger partial charge in [-0.25, -0.2) is 13.2 Å². The van der Waals surface area contributed by atoms with Gasteiger partial charge in [-0.2, -0.15) is 0 Å². The van der Waals surface area contributed by atoms with E-state index in [2.05, 4.69) is 6.92 Å². The van der Waals surface area contributed by atoms with Gasteiger partial charge >= 0.3 is 0 Å². The van der Waals surface area contributed by atoms with E-state index in [1.54, 1.807) is 0 Å². The number of ether oxygens (including phenoxy) is 1. The van der Waals surface area contributed by atoms with Crippen LogP contribution in [0.4, 0.5) is 13.2 Å². The van der Waals surface area contributed by atoms with Crippen LogP contribution in [0.15, 0.2) is 0 Å². The zero-order valence-electron chi connectivity index (χ0n) is 17.9. The van der Waals surface area contributed by atoms with E-state index >= 15 is 0 Å². The molecule has 0 N–H and O–H groups in total. The topological polar surface area (TPSA) is 9.23 Å². The molecule has 3 rings (SSSR count). The summed E-state index contributed by atoms with van der Waals surface area (Å²) in [4.78, 5) is 0. The molecule has 164 valence electrons. The summed E-state index contributed by atoms with van der Waals surface area (Å²) in [7, 11) is 0. The third kappa shape index (κ3) is 5.26. The van der Waals surface area contributed by atoms with E-state index in [0.717, 1.165) is 44.4 Å². The zero-order chi connectivity index (χ0) is 20.1. The minimum absolute atomic E-state index is 0.0557. The molecule has 0 spiro atoms. The standard InChI is InChI=1S/C24H41F3O/c1-3-5-7-16-8-10-17(11-9-16)15-28-20-14-19-13-12-18(6-4-2)22(25)21(19)24(27)23(20)26/h16-24H,3-15H2,1-2H3. The molecule has 0 bridgehead atoms. The van der Waals surface area contributed by atoms with Crippen molar-refractivity contribution in [2.75, 3.05) is 6.61 Å². The molecular weight excluding hydrogens is 361 g/mol. The predicted octanol–water partition coefficient (Wildman–Crippen LogP) is 7.23. The highest BCUT2D eigenvalue weighted by atomic mass is 19.2. The summed E-state index contributed by atoms with van der Waals surface area (Å²) >= 11 is 0. The summed E-state index contributed by atoms with van der Waals surface area (Å²) in [6.07, 6.45) is 7.28. The number of alkyl halides is 3. The third-order valence-corrected chi connectivity index (χ3v) is 7.97. The lowest BCUT2D eigenvalue weighted by molar-refractivity contribution is -0.136. The fourth-order valence-electron chi connectivity index (χ4n) is 6.18. The fourth-order valence-corrected chi connectivity index (χ4v) is 6.18. The van der Waals surface area contributed by atoms with Gasteiger partial charge in [0.05, 0.1) is 6.10 Å². The Kier molecular flexibility index (Phi) is 8.56. The summed E-state index contributed by atoms with van der Waals surface area (Å²) in [5.41, 5.74) is 0. The van der Waals surface area contributed by atoms with Crippen molar-refractivity contribution in [2.45, 2.75) is 116 Å². The molecular formula is C24H41F3O. The summed E-state index contributed by atoms with van der Waals surface area (Å²) in [6, 6.07) is 0. The van der Waals surface area contributed by atoms with Crippen LogP contribution in [-0.4, -0.2) is 31.2 Å². The van der Waals surface area contributed by atoms with Gasteiger partial charge in [-0.15, -0.1) is 0 Å². The Morgan fingerprint density at radius 1 is 0.750 bits per heavy atom. The van der Waals surface area contributed by atoms with Crippen molar-refractivity contribution in [3.63, 3.8) is 0 Å². The molecule has 3 fully saturated rings. The van der Waals surface area contributed by atoms with Crippen LogP contribution in [0, 0.1) is 29.6 Å². The first-order valence-electron chi connectivity index (χ1n) is 12.1. The molecule has 4 heteroatoms. The molecule has 0 saturated heterocycles. The molecule has 0 aliphatic heterocycles. The van der Waals surface area contributed by atoms with Gasteiger partial charge in [0.2, 0.25) is 0 Å². The van der Waals surface area contributed by atoms with E-state index in [1.165, 1.54) is 32.1 Å². The van der Waals surface area contributed by atoms with E-state index in [-0.39, 0.29) is 11.8 Å². The van der Waals surface area contributed by atoms with Crippen molar-refractivity contribution < 1.29 is 17.9 Å². The molecule has 0 aromatic heterocycles. The SMILES string of the molecule is CCCCC1CCC(COC2CC3CCC(CCC)C(F)C3C(F)C2F)CC1. The molecule has 3 aliphatic carbocycles. The summed E-state index contributed by atoms with van der Waals surface area (Å²) < 4.78 is 50.5. The molecule has 0 heterocycles. The highest BCUT2D eigenvalue weighted by Crippen LogP contribution is 2.48. The van der Waals surface area contributed by atoms with Crippen LogP contribution in [0.25, 0.3) is 0 Å². The molecule has 0 aromatic carbocycles. The molecule has 7 unspecified atom stereocenters. The van der Waals surface area contributed by atoms with Gasteiger partial charge in [-0.1, -0.05) is 52.4 Å². The Morgan fingerprint density at radius 3 is 2.14 bits per heavy atom. The first-order chi connectivity index (χ1) is 13.5. The van der Waals surface area contributed by atoms with Crippen molar-refractivity contribution >= 4 is 0 Å². The molecule has 3 saturated carbocycles. The van der Waals surface area contributed by atoms with Crippen molar-refractivity contribution in [3.8, 4) is 0 Å². The number of hydrogen-bond donors (Lipinski definition) is 0. The first-order valence-corrected chi connectivity index (χ1v) is 12.1. The Morgan fingerprint density at radius 2 is 1.46 bits per heavy atom. The molecule has 1 nitrogen and oxygen atoms in total. The summed E-state index contributed by atoms with van der Waals surface area (Å²) in [5, 5.41) is 0. The number of halogens is 3. The summed E-state index contributed by atoms with van der Waals surface area (Å²) in [5.74, 6) is 0.428. The Bertz CT molecular complexity index is 449. The normalized spacial score (nSPS) is 44.2. The molecule has 0 radical (unpaired) electrons. The van der Waals surface area contributed by atoms with Crippen molar-refractivity contribution in [1.29, 1.82) is 0 Å². The monoisotopic (exact) mass is 402 g/mol. The maximum Gasteiger partial charge on any atom is 0.157 e. The Balaban J connectivity index is 1.47. The lowest BCUT2D eigenvalue weighted by atomic mass is 9.63. The van der Waals surface area contributed by atoms with E-state index in [1.807, 2.05) is 6.92 Å². The molecule has 7 atom stereocenters. The van der Waals surface area contributed by atoms with Gasteiger partial charge in [0.15, 0.2) is 6.17 Å². The van der Waals surface area contributed by atoms with Gasteiger partial charge in [-0.3, -0.25) is 0 Å². The summed E-state index contributed by atoms with van der Waals surface area (Å²) in [6.45, 7) is 4.82. The average Bonchev–Trinajstić information content (AvgIpc) is 2.71. The van der Waals surface area contributed by atoms with Gasteiger partial charge in [-0.05, 0) is 62.2 Å². The zero-order valence-corrected chi connectivity index (χ0v) is 17.9. The van der Waals surface area contributed by atoms with Crippen LogP contribution in [0.1, 0.15) is 90.9 Å². The van der Waals surface area contributed by atoms with E-state index in [9.17, 15) is 13.2 Å². The van der Waals surface area contributed by atoms with Gasteiger partial charge in [0.1, 0.15) is 12.3 Å². The minimum atomic E-state index is -1.71. The molecule has 0 aromatic rings. The quantitative estimate of drug-likeness (QED) is 0.416. The van der Waals surface area contributed by atoms with Gasteiger partial charge in [0, 0.05) is 12.5 Å². The second kappa shape index (κ2) is 10.7. The van der Waals surface area contributed by atoms with Crippen LogP contribution in [0.2, 0.25) is 0 Å². The average molecular weight is 403 g/mol. The number of rotatable bonds is 8. The fraction of sp³-hybridized carbons (Fsp3) is 1.00. The maximum atomic E-state index is 14.9. The van der Waals surface area contributed by atoms with Gasteiger partial charge in [0.25, 0.3) is 0 Å². The van der Waals surface area contributed by atoms with Crippen LogP contribution >= 0.6 is 0 Å². The molecule has 3 aliphatic rings. The van der Waals surface area contributed by atoms with Gasteiger partial charge < -0.3 is 4.74 Å². The third-order valence-electron chi connectivity index (χ3n) is 7.97. The van der Waals surface area contributed by atoms with Crippen LogP contribution in [0.5, 0.6) is 0 Å². The molecule has 28 heavy (non-hydrogen) atoms. The first kappa shape index (κ1) is 22.4. The van der Waals surface area contributed by atoms with Crippen LogP contribution in [0.3, 0.4) is 0 Å². The maximum absolute atomic E-state index is 14.9. The highest BCUT2D eigenvalue weighted by molar-refractivity contribution is 5.00. The lowest BCUT2D eigenvalue weighted by Gasteiger charge is -2.47. The predicted molar refractivity (Wildman–Crippen MR) is 109 cm³/mol. The van der Waals surface area contributed by atoms with E-state index in [4.69, 9.17) is 4.74 Å². The second-order valence-corrected chi connectivity index (χ2v) is 9.93. The van der Waals surface area contributed by atoms with E-state index in [0.29, 0.717) is 18.9 Å². The van der Waals surface area contributed by atoms with Crippen molar-refractivity contribution in [3.05, 3.63) is 0 Å². The van der Waals surface area contributed by atoms with E-state index < -0.39 is 30.5 Å². The van der Waals surface area contributed by atoms with Crippen molar-refractivity contribution in [2.24, 2.45) is 29.6 Å². The van der Waals surface area contributed by atoms with Crippen molar-refractivity contribution in [1.82, 2.24) is 0 Å². The lowest BCUT2D eigenvalue weighted by Crippen LogP contribution is -2.54. The smallest absolute Gasteiger partial charge is 0.157 e. The van der Waals surface area contributed by atoms with Crippen LogP contribution < -0.4 is 0 Å². The number of fused-ring (bicyclic) bond motifs is 1. The largest absolute Gasteiger partial charge is 0.375 e. The highest BCUT2D eigenvalue weighted by Gasteiger charge is 2.53. The molecule has 0 amide bonds. The second-order valence-electron chi connectivity index (χ2n) is 9.93.